The molecule has 0 saturated heterocycles. The second-order valence-electron chi connectivity index (χ2n) is 7.48. The maximum absolute atomic E-state index is 12.2. The van der Waals surface area contributed by atoms with Gasteiger partial charge >= 0.3 is 11.9 Å². The molecule has 6 heteroatoms. The van der Waals surface area contributed by atoms with Gasteiger partial charge in [-0.05, 0) is 81.6 Å². The average Bonchev–Trinajstić information content (AvgIpc) is 2.76. The first-order valence-corrected chi connectivity index (χ1v) is 9.98. The molecule has 0 heterocycles. The van der Waals surface area contributed by atoms with Gasteiger partial charge in [0.25, 0.3) is 0 Å². The molecule has 0 radical (unpaired) electrons. The van der Waals surface area contributed by atoms with E-state index in [2.05, 4.69) is 0 Å². The molecular weight excluding hydrogens is 382 g/mol. The Kier molecular flexibility index (Phi) is 8.42. The van der Waals surface area contributed by atoms with Gasteiger partial charge in [-0.15, -0.1) is 0 Å². The minimum atomic E-state index is -0.483. The first kappa shape index (κ1) is 23.0. The predicted molar refractivity (Wildman–Crippen MR) is 112 cm³/mol. The zero-order valence-corrected chi connectivity index (χ0v) is 17.6. The summed E-state index contributed by atoms with van der Waals surface area (Å²) < 4.78 is 16.2. The lowest BCUT2D eigenvalue weighted by atomic mass is 9.91. The molecule has 0 atom stereocenters. The van der Waals surface area contributed by atoms with Crippen molar-refractivity contribution in [2.75, 3.05) is 13.2 Å². The van der Waals surface area contributed by atoms with Crippen LogP contribution in [-0.2, 0) is 9.53 Å². The van der Waals surface area contributed by atoms with Crippen LogP contribution in [0.15, 0.2) is 48.5 Å². The van der Waals surface area contributed by atoms with Crippen molar-refractivity contribution in [1.82, 2.24) is 0 Å². The fourth-order valence-corrected chi connectivity index (χ4v) is 2.35. The van der Waals surface area contributed by atoms with E-state index in [1.807, 2.05) is 26.8 Å². The van der Waals surface area contributed by atoms with Gasteiger partial charge in [-0.2, -0.15) is 5.26 Å². The van der Waals surface area contributed by atoms with Gasteiger partial charge in [-0.3, -0.25) is 4.79 Å². The van der Waals surface area contributed by atoms with E-state index in [4.69, 9.17) is 19.5 Å². The SMILES string of the molecule is CCC(C)(C)C(=O)OCCCCOc1ccc(C(=O)Oc2ccc(C#N)cc2)cc1. The number of benzene rings is 2. The summed E-state index contributed by atoms with van der Waals surface area (Å²) >= 11 is 0. The van der Waals surface area contributed by atoms with Crippen LogP contribution >= 0.6 is 0 Å². The van der Waals surface area contributed by atoms with Crippen molar-refractivity contribution in [2.45, 2.75) is 40.0 Å². The first-order valence-electron chi connectivity index (χ1n) is 9.98. The van der Waals surface area contributed by atoms with Gasteiger partial charge in [-0.1, -0.05) is 6.92 Å². The van der Waals surface area contributed by atoms with Gasteiger partial charge in [0.1, 0.15) is 11.5 Å². The number of hydrogen-bond donors (Lipinski definition) is 0. The highest BCUT2D eigenvalue weighted by molar-refractivity contribution is 5.91. The second kappa shape index (κ2) is 11.0. The zero-order chi connectivity index (χ0) is 22.0. The fourth-order valence-electron chi connectivity index (χ4n) is 2.35. The van der Waals surface area contributed by atoms with Gasteiger partial charge in [-0.25, -0.2) is 4.79 Å². The molecule has 0 bridgehead atoms. The van der Waals surface area contributed by atoms with Crippen molar-refractivity contribution >= 4 is 11.9 Å². The second-order valence-corrected chi connectivity index (χ2v) is 7.48. The average molecular weight is 409 g/mol. The molecular formula is C24H27NO5. The van der Waals surface area contributed by atoms with Crippen molar-refractivity contribution in [3.8, 4) is 17.6 Å². The topological polar surface area (TPSA) is 85.6 Å². The Morgan fingerprint density at radius 1 is 0.933 bits per heavy atom. The van der Waals surface area contributed by atoms with Crippen LogP contribution in [0.2, 0.25) is 0 Å². The van der Waals surface area contributed by atoms with Gasteiger partial charge in [0.2, 0.25) is 0 Å². The zero-order valence-electron chi connectivity index (χ0n) is 17.6. The minimum absolute atomic E-state index is 0.172. The molecule has 0 amide bonds. The maximum Gasteiger partial charge on any atom is 0.343 e. The lowest BCUT2D eigenvalue weighted by Gasteiger charge is -2.20. The van der Waals surface area contributed by atoms with E-state index in [1.54, 1.807) is 48.5 Å². The molecule has 2 aromatic rings. The molecule has 2 rings (SSSR count). The quantitative estimate of drug-likeness (QED) is 0.315. The summed E-state index contributed by atoms with van der Waals surface area (Å²) in [5.74, 6) is 0.369. The van der Waals surface area contributed by atoms with Crippen LogP contribution < -0.4 is 9.47 Å². The van der Waals surface area contributed by atoms with Crippen molar-refractivity contribution in [3.63, 3.8) is 0 Å². The molecule has 6 nitrogen and oxygen atoms in total. The van der Waals surface area contributed by atoms with Gasteiger partial charge in [0, 0.05) is 0 Å². The van der Waals surface area contributed by atoms with Crippen molar-refractivity contribution < 1.29 is 23.8 Å². The largest absolute Gasteiger partial charge is 0.494 e. The van der Waals surface area contributed by atoms with Crippen LogP contribution in [-0.4, -0.2) is 25.2 Å². The van der Waals surface area contributed by atoms with Crippen LogP contribution in [0.25, 0.3) is 0 Å². The monoisotopic (exact) mass is 409 g/mol. The lowest BCUT2D eigenvalue weighted by Crippen LogP contribution is -2.26. The Bertz CT molecular complexity index is 879. The van der Waals surface area contributed by atoms with E-state index in [0.29, 0.717) is 35.8 Å². The van der Waals surface area contributed by atoms with Gasteiger partial charge < -0.3 is 14.2 Å². The molecule has 0 fully saturated rings. The summed E-state index contributed by atoms with van der Waals surface area (Å²) in [6.07, 6.45) is 2.22. The smallest absolute Gasteiger partial charge is 0.343 e. The van der Waals surface area contributed by atoms with E-state index >= 15 is 0 Å². The summed E-state index contributed by atoms with van der Waals surface area (Å²) in [7, 11) is 0. The standard InChI is InChI=1S/C24H27NO5/c1-4-24(2,3)23(27)29-16-6-5-15-28-20-13-9-19(10-14-20)22(26)30-21-11-7-18(17-25)8-12-21/h7-14H,4-6,15-16H2,1-3H3. The van der Waals surface area contributed by atoms with E-state index < -0.39 is 11.4 Å². The number of hydrogen-bond acceptors (Lipinski definition) is 6. The summed E-state index contributed by atoms with van der Waals surface area (Å²) in [6.45, 7) is 6.59. The molecule has 0 aliphatic carbocycles. The van der Waals surface area contributed by atoms with E-state index in [9.17, 15) is 9.59 Å². The van der Waals surface area contributed by atoms with Crippen LogP contribution in [0, 0.1) is 16.7 Å². The Hall–Kier alpha value is -3.33. The fraction of sp³-hybridized carbons (Fsp3) is 0.375. The Morgan fingerprint density at radius 2 is 1.53 bits per heavy atom. The molecule has 0 aromatic heterocycles. The highest BCUT2D eigenvalue weighted by atomic mass is 16.5. The molecule has 0 aliphatic heterocycles. The number of carbonyl (C=O) groups excluding carboxylic acids is 2. The summed E-state index contributed by atoms with van der Waals surface area (Å²) in [5, 5.41) is 8.79. The van der Waals surface area contributed by atoms with Gasteiger partial charge in [0.15, 0.2) is 0 Å². The summed E-state index contributed by atoms with van der Waals surface area (Å²) in [5.41, 5.74) is 0.455. The van der Waals surface area contributed by atoms with E-state index in [1.165, 1.54) is 0 Å². The maximum atomic E-state index is 12.2. The molecule has 0 N–H and O–H groups in total. The van der Waals surface area contributed by atoms with Crippen LogP contribution in [0.4, 0.5) is 0 Å². The number of ether oxygens (including phenoxy) is 3. The number of carbonyl (C=O) groups is 2. The van der Waals surface area contributed by atoms with Gasteiger partial charge in [0.05, 0.1) is 35.8 Å². The predicted octanol–water partition coefficient (Wildman–Crippen LogP) is 4.92. The molecule has 0 spiro atoms. The normalized spacial score (nSPS) is 10.7. The summed E-state index contributed by atoms with van der Waals surface area (Å²) in [6, 6.07) is 15.0. The van der Waals surface area contributed by atoms with Crippen molar-refractivity contribution in [1.29, 1.82) is 5.26 Å². The van der Waals surface area contributed by atoms with Crippen LogP contribution in [0.1, 0.15) is 56.0 Å². The molecule has 158 valence electrons. The molecule has 0 aliphatic rings. The highest BCUT2D eigenvalue weighted by Crippen LogP contribution is 2.21. The minimum Gasteiger partial charge on any atom is -0.494 e. The summed E-state index contributed by atoms with van der Waals surface area (Å²) in [4.78, 5) is 24.1. The number of unbranched alkanes of at least 4 members (excludes halogenated alkanes) is 1. The molecule has 30 heavy (non-hydrogen) atoms. The number of rotatable bonds is 10. The third kappa shape index (κ3) is 6.93. The van der Waals surface area contributed by atoms with Crippen molar-refractivity contribution in [2.24, 2.45) is 5.41 Å². The Balaban J connectivity index is 1.71. The number of nitriles is 1. The van der Waals surface area contributed by atoms with Crippen LogP contribution in [0.5, 0.6) is 11.5 Å². The first-order chi connectivity index (χ1) is 14.4. The third-order valence-corrected chi connectivity index (χ3v) is 4.76. The molecule has 0 saturated carbocycles. The molecule has 0 unspecified atom stereocenters. The number of esters is 2. The van der Waals surface area contributed by atoms with Crippen LogP contribution in [0.3, 0.4) is 0 Å². The van der Waals surface area contributed by atoms with Crippen molar-refractivity contribution in [3.05, 3.63) is 59.7 Å². The molecule has 2 aromatic carbocycles. The van der Waals surface area contributed by atoms with E-state index in [0.717, 1.165) is 19.3 Å². The highest BCUT2D eigenvalue weighted by Gasteiger charge is 2.26. The van der Waals surface area contributed by atoms with E-state index in [-0.39, 0.29) is 5.97 Å². The lowest BCUT2D eigenvalue weighted by molar-refractivity contribution is -0.154. The Labute approximate surface area is 177 Å². The number of nitrogens with zero attached hydrogens (tertiary/aromatic N) is 1. The third-order valence-electron chi connectivity index (χ3n) is 4.76. The Morgan fingerprint density at radius 3 is 2.13 bits per heavy atom.